The van der Waals surface area contributed by atoms with Crippen molar-refractivity contribution in [3.05, 3.63) is 58.6 Å². The molecule has 2 aliphatic heterocycles. The van der Waals surface area contributed by atoms with E-state index in [4.69, 9.17) is 15.2 Å². The number of nitro benzene ring substituents is 1. The van der Waals surface area contributed by atoms with Gasteiger partial charge in [-0.15, -0.1) is 0 Å². The van der Waals surface area contributed by atoms with E-state index in [1.807, 2.05) is 24.3 Å². The topological polar surface area (TPSA) is 94.1 Å². The van der Waals surface area contributed by atoms with Crippen molar-refractivity contribution in [1.82, 2.24) is 9.80 Å². The summed E-state index contributed by atoms with van der Waals surface area (Å²) in [6.07, 6.45) is 7.84. The van der Waals surface area contributed by atoms with Crippen LogP contribution in [0.15, 0.2) is 48.5 Å². The van der Waals surface area contributed by atoms with Crippen molar-refractivity contribution in [3.8, 4) is 11.5 Å². The summed E-state index contributed by atoms with van der Waals surface area (Å²) >= 11 is 0. The molecule has 0 aliphatic carbocycles. The Morgan fingerprint density at radius 2 is 1.08 bits per heavy atom. The van der Waals surface area contributed by atoms with E-state index in [9.17, 15) is 10.1 Å². The van der Waals surface area contributed by atoms with Crippen LogP contribution in [-0.4, -0.2) is 65.2 Å². The SMILES string of the molecule is CC(C)(CN1CCCCC1)Oc1ccc(N)cc1.CC(C)(CN1CCCCC1)Oc1ccc([N+](=O)[O-])cc1. The smallest absolute Gasteiger partial charge is 0.269 e. The first kappa shape index (κ1) is 29.7. The maximum atomic E-state index is 10.6. The number of nitrogen functional groups attached to an aromatic ring is 1. The van der Waals surface area contributed by atoms with Gasteiger partial charge in [0.2, 0.25) is 0 Å². The van der Waals surface area contributed by atoms with E-state index in [1.165, 1.54) is 63.7 Å². The summed E-state index contributed by atoms with van der Waals surface area (Å²) in [6.45, 7) is 15.0. The van der Waals surface area contributed by atoms with Crippen LogP contribution in [0.25, 0.3) is 0 Å². The Kier molecular flexibility index (Phi) is 10.8. The molecule has 4 rings (SSSR count). The number of piperidine rings is 2. The van der Waals surface area contributed by atoms with Crippen molar-refractivity contribution in [2.45, 2.75) is 77.4 Å². The van der Waals surface area contributed by atoms with Gasteiger partial charge in [0.1, 0.15) is 22.7 Å². The fourth-order valence-electron chi connectivity index (χ4n) is 5.19. The van der Waals surface area contributed by atoms with Gasteiger partial charge >= 0.3 is 0 Å². The zero-order chi connectivity index (χ0) is 27.6. The highest BCUT2D eigenvalue weighted by molar-refractivity contribution is 5.41. The fourth-order valence-corrected chi connectivity index (χ4v) is 5.19. The Bertz CT molecular complexity index is 980. The Morgan fingerprint density at radius 3 is 1.45 bits per heavy atom. The molecule has 0 atom stereocenters. The molecule has 2 aromatic rings. The summed E-state index contributed by atoms with van der Waals surface area (Å²) in [5.74, 6) is 1.57. The maximum absolute atomic E-state index is 10.6. The van der Waals surface area contributed by atoms with Crippen molar-refractivity contribution >= 4 is 11.4 Å². The average molecular weight is 527 g/mol. The van der Waals surface area contributed by atoms with Gasteiger partial charge in [0.25, 0.3) is 5.69 Å². The van der Waals surface area contributed by atoms with Gasteiger partial charge in [-0.25, -0.2) is 0 Å². The standard InChI is InChI=1S/C15H22N2O3.C15H24N2O/c1-15(2,12-16-10-4-3-5-11-16)20-14-8-6-13(7-9-14)17(18)19;1-15(2,12-17-10-4-3-5-11-17)18-14-8-6-13(16)7-9-14/h6-9H,3-5,10-12H2,1-2H3;6-9H,3-5,10-12,16H2,1-2H3. The zero-order valence-corrected chi connectivity index (χ0v) is 23.7. The minimum absolute atomic E-state index is 0.0891. The van der Waals surface area contributed by atoms with Crippen molar-refractivity contribution in [1.29, 1.82) is 0 Å². The van der Waals surface area contributed by atoms with E-state index in [0.717, 1.165) is 37.6 Å². The highest BCUT2D eigenvalue weighted by Crippen LogP contribution is 2.24. The fraction of sp³-hybridized carbons (Fsp3) is 0.600. The molecule has 0 spiro atoms. The highest BCUT2D eigenvalue weighted by atomic mass is 16.6. The van der Waals surface area contributed by atoms with Crippen molar-refractivity contribution in [3.63, 3.8) is 0 Å². The summed E-state index contributed by atoms with van der Waals surface area (Å²) in [7, 11) is 0. The first-order chi connectivity index (χ1) is 18.0. The van der Waals surface area contributed by atoms with Gasteiger partial charge < -0.3 is 15.2 Å². The van der Waals surface area contributed by atoms with Crippen LogP contribution >= 0.6 is 0 Å². The number of ether oxygens (including phenoxy) is 2. The molecule has 2 aromatic carbocycles. The molecule has 0 aromatic heterocycles. The number of anilines is 1. The first-order valence-corrected chi connectivity index (χ1v) is 13.9. The van der Waals surface area contributed by atoms with Crippen LogP contribution < -0.4 is 15.2 Å². The van der Waals surface area contributed by atoms with Gasteiger partial charge in [-0.3, -0.25) is 19.9 Å². The van der Waals surface area contributed by atoms with Crippen molar-refractivity contribution < 1.29 is 14.4 Å². The lowest BCUT2D eigenvalue weighted by molar-refractivity contribution is -0.384. The van der Waals surface area contributed by atoms with Gasteiger partial charge in [0.05, 0.1) is 4.92 Å². The normalized spacial score (nSPS) is 17.3. The molecule has 0 radical (unpaired) electrons. The average Bonchev–Trinajstić information content (AvgIpc) is 2.86. The number of non-ortho nitro benzene ring substituents is 1. The van der Waals surface area contributed by atoms with Gasteiger partial charge in [-0.05, 0) is 116 Å². The maximum Gasteiger partial charge on any atom is 0.269 e. The lowest BCUT2D eigenvalue weighted by Crippen LogP contribution is -2.44. The molecule has 8 heteroatoms. The van der Waals surface area contributed by atoms with Crippen molar-refractivity contribution in [2.24, 2.45) is 0 Å². The molecule has 2 saturated heterocycles. The molecule has 2 heterocycles. The molecular weight excluding hydrogens is 480 g/mol. The minimum atomic E-state index is -0.400. The predicted molar refractivity (Wildman–Crippen MR) is 154 cm³/mol. The number of nitrogens with two attached hydrogens (primary N) is 1. The third-order valence-electron chi connectivity index (χ3n) is 6.82. The number of benzene rings is 2. The predicted octanol–water partition coefficient (Wildman–Crippen LogP) is 6.15. The second-order valence-corrected chi connectivity index (χ2v) is 11.7. The molecule has 210 valence electrons. The largest absolute Gasteiger partial charge is 0.487 e. The van der Waals surface area contributed by atoms with E-state index in [2.05, 4.69) is 37.5 Å². The Labute approximate surface area is 228 Å². The van der Waals surface area contributed by atoms with E-state index in [-0.39, 0.29) is 16.9 Å². The number of nitro groups is 1. The number of rotatable bonds is 9. The van der Waals surface area contributed by atoms with Crippen molar-refractivity contribution in [2.75, 3.05) is 45.0 Å². The molecular formula is C30H46N4O4. The number of hydrogen-bond donors (Lipinski definition) is 1. The van der Waals surface area contributed by atoms with Crippen LogP contribution in [0.4, 0.5) is 11.4 Å². The monoisotopic (exact) mass is 526 g/mol. The zero-order valence-electron chi connectivity index (χ0n) is 23.7. The first-order valence-electron chi connectivity index (χ1n) is 13.9. The minimum Gasteiger partial charge on any atom is -0.487 e. The van der Waals surface area contributed by atoms with E-state index in [1.54, 1.807) is 12.1 Å². The quantitative estimate of drug-likeness (QED) is 0.238. The number of likely N-dealkylation sites (tertiary alicyclic amines) is 2. The third-order valence-corrected chi connectivity index (χ3v) is 6.82. The molecule has 0 unspecified atom stereocenters. The molecule has 0 saturated carbocycles. The number of hydrogen-bond acceptors (Lipinski definition) is 7. The molecule has 2 fully saturated rings. The van der Waals surface area contributed by atoms with Gasteiger partial charge in [-0.2, -0.15) is 0 Å². The third kappa shape index (κ3) is 10.5. The Balaban J connectivity index is 0.000000212. The van der Waals surface area contributed by atoms with Gasteiger partial charge in [0, 0.05) is 30.9 Å². The van der Waals surface area contributed by atoms with Gasteiger partial charge in [0.15, 0.2) is 0 Å². The molecule has 8 nitrogen and oxygen atoms in total. The molecule has 38 heavy (non-hydrogen) atoms. The lowest BCUT2D eigenvalue weighted by Gasteiger charge is -2.35. The summed E-state index contributed by atoms with van der Waals surface area (Å²) in [4.78, 5) is 15.1. The van der Waals surface area contributed by atoms with Crippen LogP contribution in [0.5, 0.6) is 11.5 Å². The molecule has 0 bridgehead atoms. The highest BCUT2D eigenvalue weighted by Gasteiger charge is 2.26. The van der Waals surface area contributed by atoms with Crippen LogP contribution in [0.3, 0.4) is 0 Å². The van der Waals surface area contributed by atoms with Crippen LogP contribution in [0, 0.1) is 10.1 Å². The summed E-state index contributed by atoms with van der Waals surface area (Å²) in [5, 5.41) is 10.6. The number of nitrogens with zero attached hydrogens (tertiary/aromatic N) is 3. The molecule has 0 amide bonds. The summed E-state index contributed by atoms with van der Waals surface area (Å²) in [5.41, 5.74) is 6.08. The van der Waals surface area contributed by atoms with E-state index < -0.39 is 4.92 Å². The lowest BCUT2D eigenvalue weighted by atomic mass is 10.1. The second-order valence-electron chi connectivity index (χ2n) is 11.7. The molecule has 2 aliphatic rings. The van der Waals surface area contributed by atoms with Crippen LogP contribution in [0.2, 0.25) is 0 Å². The molecule has 2 N–H and O–H groups in total. The second kappa shape index (κ2) is 13.8. The van der Waals surface area contributed by atoms with Crippen LogP contribution in [0.1, 0.15) is 66.2 Å². The van der Waals surface area contributed by atoms with E-state index in [0.29, 0.717) is 5.75 Å². The Morgan fingerprint density at radius 1 is 0.711 bits per heavy atom. The van der Waals surface area contributed by atoms with E-state index >= 15 is 0 Å². The Hall–Kier alpha value is -2.84. The summed E-state index contributed by atoms with van der Waals surface area (Å²) < 4.78 is 12.0. The summed E-state index contributed by atoms with van der Waals surface area (Å²) in [6, 6.07) is 13.9. The van der Waals surface area contributed by atoms with Crippen LogP contribution in [-0.2, 0) is 0 Å². The van der Waals surface area contributed by atoms with Gasteiger partial charge in [-0.1, -0.05) is 12.8 Å².